The summed E-state index contributed by atoms with van der Waals surface area (Å²) in [7, 11) is 0. The van der Waals surface area contributed by atoms with E-state index in [1.54, 1.807) is 0 Å². The van der Waals surface area contributed by atoms with Crippen LogP contribution in [0, 0.1) is 0 Å². The fourth-order valence-corrected chi connectivity index (χ4v) is 3.26. The van der Waals surface area contributed by atoms with Crippen molar-refractivity contribution in [3.8, 4) is 11.5 Å². The Kier molecular flexibility index (Phi) is 9.97. The Hall–Kier alpha value is -1.95. The van der Waals surface area contributed by atoms with Gasteiger partial charge in [0.1, 0.15) is 0 Å². The summed E-state index contributed by atoms with van der Waals surface area (Å²) in [5, 5.41) is 6.88. The van der Waals surface area contributed by atoms with E-state index in [-0.39, 0.29) is 0 Å². The fraction of sp³-hybridized carbons (Fsp3) is 0.682. The Balaban J connectivity index is 1.88. The molecule has 0 radical (unpaired) electrons. The monoisotopic (exact) mass is 390 g/mol. The number of benzene rings is 1. The smallest absolute Gasteiger partial charge is 0.191 e. The van der Waals surface area contributed by atoms with Crippen LogP contribution >= 0.6 is 0 Å². The summed E-state index contributed by atoms with van der Waals surface area (Å²) in [5.41, 5.74) is 1.12. The van der Waals surface area contributed by atoms with Gasteiger partial charge in [0.25, 0.3) is 0 Å². The Morgan fingerprint density at radius 3 is 2.61 bits per heavy atom. The van der Waals surface area contributed by atoms with E-state index in [0.29, 0.717) is 25.8 Å². The summed E-state index contributed by atoms with van der Waals surface area (Å²) < 4.78 is 11.5. The summed E-state index contributed by atoms with van der Waals surface area (Å²) in [6.07, 6.45) is 3.24. The van der Waals surface area contributed by atoms with Gasteiger partial charge in [-0.1, -0.05) is 19.9 Å². The van der Waals surface area contributed by atoms with Gasteiger partial charge in [0.05, 0.1) is 19.8 Å². The van der Waals surface area contributed by atoms with E-state index in [4.69, 9.17) is 14.5 Å². The van der Waals surface area contributed by atoms with Gasteiger partial charge in [-0.25, -0.2) is 4.99 Å². The van der Waals surface area contributed by atoms with Crippen LogP contribution in [-0.2, 0) is 6.54 Å². The maximum Gasteiger partial charge on any atom is 0.191 e. The molecule has 2 N–H and O–H groups in total. The molecule has 0 amide bonds. The minimum Gasteiger partial charge on any atom is -0.490 e. The summed E-state index contributed by atoms with van der Waals surface area (Å²) in [5.74, 6) is 2.52. The third-order valence-corrected chi connectivity index (χ3v) is 4.96. The molecule has 28 heavy (non-hydrogen) atoms. The van der Waals surface area contributed by atoms with Gasteiger partial charge in [-0.2, -0.15) is 0 Å². The van der Waals surface area contributed by atoms with Gasteiger partial charge < -0.3 is 25.0 Å². The minimum atomic E-state index is 0.386. The molecule has 1 atom stereocenters. The molecular weight excluding hydrogens is 352 g/mol. The lowest BCUT2D eigenvalue weighted by Gasteiger charge is -2.21. The van der Waals surface area contributed by atoms with E-state index in [0.717, 1.165) is 62.0 Å². The number of guanidine groups is 1. The molecule has 1 aromatic rings. The van der Waals surface area contributed by atoms with Crippen LogP contribution in [0.4, 0.5) is 0 Å². The number of fused-ring (bicyclic) bond motifs is 1. The maximum absolute atomic E-state index is 5.78. The lowest BCUT2D eigenvalue weighted by atomic mass is 10.2. The molecule has 0 fully saturated rings. The van der Waals surface area contributed by atoms with Crippen molar-refractivity contribution in [2.45, 2.75) is 59.5 Å². The molecule has 158 valence electrons. The van der Waals surface area contributed by atoms with Gasteiger partial charge in [-0.15, -0.1) is 0 Å². The maximum atomic E-state index is 5.78. The quantitative estimate of drug-likeness (QED) is 0.474. The van der Waals surface area contributed by atoms with Crippen molar-refractivity contribution in [2.24, 2.45) is 4.99 Å². The van der Waals surface area contributed by atoms with Crippen LogP contribution in [0.15, 0.2) is 23.2 Å². The van der Waals surface area contributed by atoms with E-state index in [2.05, 4.69) is 49.3 Å². The molecule has 6 heteroatoms. The van der Waals surface area contributed by atoms with Crippen LogP contribution in [0.5, 0.6) is 11.5 Å². The van der Waals surface area contributed by atoms with E-state index in [9.17, 15) is 0 Å². The zero-order chi connectivity index (χ0) is 20.2. The molecular formula is C22H38N4O2. The minimum absolute atomic E-state index is 0.386. The van der Waals surface area contributed by atoms with Crippen LogP contribution in [0.2, 0.25) is 0 Å². The summed E-state index contributed by atoms with van der Waals surface area (Å²) in [4.78, 5) is 7.23. The summed E-state index contributed by atoms with van der Waals surface area (Å²) in [6.45, 7) is 15.0. The van der Waals surface area contributed by atoms with E-state index in [1.165, 1.54) is 6.42 Å². The number of nitrogens with one attached hydrogen (secondary N) is 2. The molecule has 1 unspecified atom stereocenters. The van der Waals surface area contributed by atoms with Crippen molar-refractivity contribution in [3.05, 3.63) is 23.8 Å². The molecule has 2 rings (SSSR count). The third-order valence-electron chi connectivity index (χ3n) is 4.96. The first kappa shape index (κ1) is 22.3. The van der Waals surface area contributed by atoms with Gasteiger partial charge in [0.15, 0.2) is 17.5 Å². The van der Waals surface area contributed by atoms with Crippen LogP contribution in [0.3, 0.4) is 0 Å². The Bertz CT molecular complexity index is 602. The van der Waals surface area contributed by atoms with Crippen molar-refractivity contribution in [1.29, 1.82) is 0 Å². The van der Waals surface area contributed by atoms with Crippen LogP contribution < -0.4 is 20.1 Å². The molecule has 1 aromatic carbocycles. The Morgan fingerprint density at radius 1 is 1.14 bits per heavy atom. The van der Waals surface area contributed by atoms with Crippen molar-refractivity contribution in [2.75, 3.05) is 39.4 Å². The molecule has 1 aliphatic rings. The second-order valence-electron chi connectivity index (χ2n) is 7.24. The number of hydrogen-bond acceptors (Lipinski definition) is 4. The SMILES string of the molecule is CCNC(=NCc1ccc2c(c1)OCCCO2)NC(C)CCCN(CC)CC. The first-order valence-corrected chi connectivity index (χ1v) is 10.8. The van der Waals surface area contributed by atoms with Gasteiger partial charge in [0, 0.05) is 19.0 Å². The number of aliphatic imine (C=N–C) groups is 1. The molecule has 0 bridgehead atoms. The molecule has 0 spiro atoms. The highest BCUT2D eigenvalue weighted by Crippen LogP contribution is 2.30. The summed E-state index contributed by atoms with van der Waals surface area (Å²) >= 11 is 0. The average molecular weight is 391 g/mol. The Morgan fingerprint density at radius 2 is 1.89 bits per heavy atom. The molecule has 1 heterocycles. The highest BCUT2D eigenvalue weighted by atomic mass is 16.5. The standard InChI is InChI=1S/C22H38N4O2/c1-5-23-22(25-18(4)10-8-13-26(6-2)7-3)24-17-19-11-12-20-21(16-19)28-15-9-14-27-20/h11-12,16,18H,5-10,13-15,17H2,1-4H3,(H2,23,24,25). The van der Waals surface area contributed by atoms with Gasteiger partial charge >= 0.3 is 0 Å². The van der Waals surface area contributed by atoms with Crippen molar-refractivity contribution in [3.63, 3.8) is 0 Å². The third kappa shape index (κ3) is 7.58. The van der Waals surface area contributed by atoms with Gasteiger partial charge in [-0.3, -0.25) is 0 Å². The zero-order valence-electron chi connectivity index (χ0n) is 18.1. The lowest BCUT2D eigenvalue weighted by molar-refractivity contribution is 0.292. The second kappa shape index (κ2) is 12.5. The normalized spacial score (nSPS) is 15.2. The Labute approximate surface area is 170 Å². The largest absolute Gasteiger partial charge is 0.490 e. The highest BCUT2D eigenvalue weighted by Gasteiger charge is 2.11. The predicted octanol–water partition coefficient (Wildman–Crippen LogP) is 3.41. The van der Waals surface area contributed by atoms with Crippen LogP contribution in [0.1, 0.15) is 52.5 Å². The van der Waals surface area contributed by atoms with E-state index >= 15 is 0 Å². The molecule has 0 saturated heterocycles. The molecule has 6 nitrogen and oxygen atoms in total. The average Bonchev–Trinajstić information content (AvgIpc) is 2.94. The fourth-order valence-electron chi connectivity index (χ4n) is 3.26. The topological polar surface area (TPSA) is 58.1 Å². The second-order valence-corrected chi connectivity index (χ2v) is 7.24. The molecule has 0 saturated carbocycles. The van der Waals surface area contributed by atoms with Crippen molar-refractivity contribution < 1.29 is 9.47 Å². The highest BCUT2D eigenvalue weighted by molar-refractivity contribution is 5.80. The lowest BCUT2D eigenvalue weighted by Crippen LogP contribution is -2.42. The molecule has 0 aromatic heterocycles. The number of rotatable bonds is 10. The van der Waals surface area contributed by atoms with Crippen molar-refractivity contribution >= 4 is 5.96 Å². The first-order chi connectivity index (χ1) is 13.7. The number of hydrogen-bond donors (Lipinski definition) is 2. The molecule has 0 aliphatic carbocycles. The first-order valence-electron chi connectivity index (χ1n) is 10.8. The van der Waals surface area contributed by atoms with E-state index in [1.807, 2.05) is 12.1 Å². The van der Waals surface area contributed by atoms with Crippen LogP contribution in [-0.4, -0.2) is 56.3 Å². The zero-order valence-corrected chi connectivity index (χ0v) is 18.1. The van der Waals surface area contributed by atoms with Crippen molar-refractivity contribution in [1.82, 2.24) is 15.5 Å². The predicted molar refractivity (Wildman–Crippen MR) is 116 cm³/mol. The summed E-state index contributed by atoms with van der Waals surface area (Å²) in [6, 6.07) is 6.48. The van der Waals surface area contributed by atoms with Gasteiger partial charge in [-0.05, 0) is 64.0 Å². The number of ether oxygens (including phenoxy) is 2. The van der Waals surface area contributed by atoms with E-state index < -0.39 is 0 Å². The van der Waals surface area contributed by atoms with Gasteiger partial charge in [0.2, 0.25) is 0 Å². The number of nitrogens with zero attached hydrogens (tertiary/aromatic N) is 2. The van der Waals surface area contributed by atoms with Crippen LogP contribution in [0.25, 0.3) is 0 Å². The molecule has 1 aliphatic heterocycles.